The summed E-state index contributed by atoms with van der Waals surface area (Å²) in [5, 5.41) is 14.1. The predicted molar refractivity (Wildman–Crippen MR) is 108 cm³/mol. The largest absolute Gasteiger partial charge is 0.497 e. The summed E-state index contributed by atoms with van der Waals surface area (Å²) in [5.74, 6) is 1.02. The van der Waals surface area contributed by atoms with E-state index in [-0.39, 0.29) is 11.7 Å². The minimum Gasteiger partial charge on any atom is -0.497 e. The van der Waals surface area contributed by atoms with Gasteiger partial charge in [0.15, 0.2) is 5.78 Å². The van der Waals surface area contributed by atoms with Crippen molar-refractivity contribution in [2.75, 3.05) is 17.7 Å². The molecule has 3 aromatic rings. The standard InChI is InChI=1S/C22H19FN4O3/c1-29-14-8-6-12(7-9-14)13-10-17-19(18(28)11-13)20(15-4-2-3-5-16(15)23)25-22-21(24-17)26-30-27-22/h2-9,13,20H,10-11H2,1H3,(H,24,26)(H,25,27)/t13-,20+/m1/s1. The van der Waals surface area contributed by atoms with E-state index in [9.17, 15) is 9.18 Å². The van der Waals surface area contributed by atoms with Crippen LogP contribution in [-0.4, -0.2) is 23.2 Å². The highest BCUT2D eigenvalue weighted by atomic mass is 19.1. The number of nitrogens with zero attached hydrogens (tertiary/aromatic N) is 2. The number of aromatic nitrogens is 2. The highest BCUT2D eigenvalue weighted by Gasteiger charge is 2.38. The quantitative estimate of drug-likeness (QED) is 0.674. The summed E-state index contributed by atoms with van der Waals surface area (Å²) in [6, 6.07) is 13.4. The lowest BCUT2D eigenvalue weighted by Gasteiger charge is -2.29. The maximum atomic E-state index is 14.6. The van der Waals surface area contributed by atoms with Crippen LogP contribution in [0.3, 0.4) is 0 Å². The highest BCUT2D eigenvalue weighted by molar-refractivity contribution is 6.00. The number of hydrogen-bond donors (Lipinski definition) is 2. The summed E-state index contributed by atoms with van der Waals surface area (Å²) in [6.07, 6.45) is 0.904. The van der Waals surface area contributed by atoms with Gasteiger partial charge in [-0.2, -0.15) is 0 Å². The number of halogens is 1. The topological polar surface area (TPSA) is 89.3 Å². The molecule has 0 saturated heterocycles. The molecule has 0 saturated carbocycles. The van der Waals surface area contributed by atoms with E-state index >= 15 is 0 Å². The smallest absolute Gasteiger partial charge is 0.219 e. The Morgan fingerprint density at radius 2 is 1.83 bits per heavy atom. The number of carbonyl (C=O) groups is 1. The summed E-state index contributed by atoms with van der Waals surface area (Å²) in [5.41, 5.74) is 2.61. The van der Waals surface area contributed by atoms with Crippen molar-refractivity contribution in [3.05, 3.63) is 76.7 Å². The van der Waals surface area contributed by atoms with Crippen LogP contribution in [0.2, 0.25) is 0 Å². The van der Waals surface area contributed by atoms with Crippen LogP contribution in [0.5, 0.6) is 5.75 Å². The fourth-order valence-corrected chi connectivity index (χ4v) is 4.16. The number of hydrogen-bond acceptors (Lipinski definition) is 7. The lowest BCUT2D eigenvalue weighted by atomic mass is 9.78. The Morgan fingerprint density at radius 3 is 2.60 bits per heavy atom. The second-order valence-electron chi connectivity index (χ2n) is 7.38. The molecule has 5 rings (SSSR count). The Labute approximate surface area is 171 Å². The van der Waals surface area contributed by atoms with Crippen molar-refractivity contribution in [3.8, 4) is 5.75 Å². The molecule has 0 fully saturated rings. The molecule has 2 aliphatic rings. The molecule has 2 atom stereocenters. The minimum absolute atomic E-state index is 0.0164. The van der Waals surface area contributed by atoms with E-state index in [0.717, 1.165) is 11.3 Å². The molecule has 0 spiro atoms. The van der Waals surface area contributed by atoms with Gasteiger partial charge < -0.3 is 15.4 Å². The van der Waals surface area contributed by atoms with Gasteiger partial charge in [0.05, 0.1) is 13.2 Å². The van der Waals surface area contributed by atoms with Gasteiger partial charge in [-0.15, -0.1) is 0 Å². The Hall–Kier alpha value is -3.68. The number of rotatable bonds is 3. The number of methoxy groups -OCH3 is 1. The molecule has 1 aliphatic carbocycles. The molecule has 0 unspecified atom stereocenters. The van der Waals surface area contributed by atoms with Crippen molar-refractivity contribution in [3.63, 3.8) is 0 Å². The van der Waals surface area contributed by atoms with E-state index in [1.165, 1.54) is 6.07 Å². The predicted octanol–water partition coefficient (Wildman–Crippen LogP) is 4.20. The average Bonchev–Trinajstić information content (AvgIpc) is 3.13. The fraction of sp³-hybridized carbons (Fsp3) is 0.227. The Kier molecular flexibility index (Phi) is 4.46. The summed E-state index contributed by atoms with van der Waals surface area (Å²) in [7, 11) is 1.62. The van der Waals surface area contributed by atoms with E-state index < -0.39 is 11.9 Å². The Bertz CT molecular complexity index is 1140. The molecule has 8 heteroatoms. The van der Waals surface area contributed by atoms with Gasteiger partial charge in [-0.3, -0.25) is 4.79 Å². The molecule has 2 N–H and O–H groups in total. The fourth-order valence-electron chi connectivity index (χ4n) is 4.16. The number of Topliss-reactive ketones (excluding diaryl/α,β-unsaturated/α-hetero) is 1. The van der Waals surface area contributed by atoms with Gasteiger partial charge in [-0.1, -0.05) is 30.3 Å². The Morgan fingerprint density at radius 1 is 1.07 bits per heavy atom. The number of benzene rings is 2. The number of nitrogens with one attached hydrogen (secondary N) is 2. The van der Waals surface area contributed by atoms with Gasteiger partial charge in [0.1, 0.15) is 11.6 Å². The maximum Gasteiger partial charge on any atom is 0.219 e. The molecular formula is C22H19FN4O3. The molecule has 2 aromatic carbocycles. The molecule has 152 valence electrons. The number of carbonyl (C=O) groups excluding carboxylic acids is 1. The van der Waals surface area contributed by atoms with Crippen LogP contribution >= 0.6 is 0 Å². The van der Waals surface area contributed by atoms with Gasteiger partial charge in [0.2, 0.25) is 11.6 Å². The molecular weight excluding hydrogens is 387 g/mol. The monoisotopic (exact) mass is 406 g/mol. The number of anilines is 2. The molecule has 1 aliphatic heterocycles. The van der Waals surface area contributed by atoms with Crippen molar-refractivity contribution in [2.45, 2.75) is 24.8 Å². The first-order chi connectivity index (χ1) is 14.6. The molecule has 1 aromatic heterocycles. The molecule has 2 heterocycles. The second-order valence-corrected chi connectivity index (χ2v) is 7.38. The molecule has 0 radical (unpaired) electrons. The van der Waals surface area contributed by atoms with Crippen LogP contribution in [0.4, 0.5) is 16.0 Å². The van der Waals surface area contributed by atoms with Crippen LogP contribution in [-0.2, 0) is 4.79 Å². The summed E-state index contributed by atoms with van der Waals surface area (Å²) in [6.45, 7) is 0. The van der Waals surface area contributed by atoms with Crippen LogP contribution in [0.15, 0.2) is 64.4 Å². The van der Waals surface area contributed by atoms with Gasteiger partial charge in [-0.05, 0) is 46.4 Å². The van der Waals surface area contributed by atoms with E-state index in [2.05, 4.69) is 20.9 Å². The van der Waals surface area contributed by atoms with Crippen LogP contribution in [0, 0.1) is 5.82 Å². The molecule has 0 bridgehead atoms. The van der Waals surface area contributed by atoms with Gasteiger partial charge >= 0.3 is 0 Å². The third-order valence-electron chi connectivity index (χ3n) is 5.64. The van der Waals surface area contributed by atoms with E-state index in [1.54, 1.807) is 25.3 Å². The zero-order chi connectivity index (χ0) is 20.7. The lowest BCUT2D eigenvalue weighted by molar-refractivity contribution is -0.116. The number of fused-ring (bicyclic) bond motifs is 1. The van der Waals surface area contributed by atoms with Gasteiger partial charge in [-0.25, -0.2) is 9.02 Å². The number of ether oxygens (including phenoxy) is 1. The summed E-state index contributed by atoms with van der Waals surface area (Å²) in [4.78, 5) is 13.3. The highest BCUT2D eigenvalue weighted by Crippen LogP contribution is 2.43. The van der Waals surface area contributed by atoms with Gasteiger partial charge in [0.25, 0.3) is 0 Å². The van der Waals surface area contributed by atoms with E-state index in [4.69, 9.17) is 9.37 Å². The maximum absolute atomic E-state index is 14.6. The minimum atomic E-state index is -0.689. The van der Waals surface area contributed by atoms with Crippen molar-refractivity contribution in [1.82, 2.24) is 10.3 Å². The third kappa shape index (κ3) is 3.10. The van der Waals surface area contributed by atoms with Gasteiger partial charge in [0, 0.05) is 23.3 Å². The number of ketones is 1. The SMILES string of the molecule is COc1ccc([C@H]2CC(=O)C3=C(C2)Nc2nonc2N[C@H]3c2ccccc2F)cc1. The molecule has 7 nitrogen and oxygen atoms in total. The van der Waals surface area contributed by atoms with Crippen LogP contribution < -0.4 is 15.4 Å². The van der Waals surface area contributed by atoms with Crippen molar-refractivity contribution in [2.24, 2.45) is 0 Å². The average molecular weight is 406 g/mol. The van der Waals surface area contributed by atoms with Crippen molar-refractivity contribution >= 4 is 17.4 Å². The van der Waals surface area contributed by atoms with Crippen molar-refractivity contribution in [1.29, 1.82) is 0 Å². The lowest BCUT2D eigenvalue weighted by Crippen LogP contribution is -2.27. The normalized spacial score (nSPS) is 20.5. The first-order valence-electron chi connectivity index (χ1n) is 9.64. The molecule has 30 heavy (non-hydrogen) atoms. The zero-order valence-corrected chi connectivity index (χ0v) is 16.2. The number of allylic oxidation sites excluding steroid dienone is 1. The first-order valence-corrected chi connectivity index (χ1v) is 9.64. The van der Waals surface area contributed by atoms with Crippen LogP contribution in [0.1, 0.15) is 35.9 Å². The zero-order valence-electron chi connectivity index (χ0n) is 16.2. The second kappa shape index (κ2) is 7.29. The van der Waals surface area contributed by atoms with Crippen LogP contribution in [0.25, 0.3) is 0 Å². The third-order valence-corrected chi connectivity index (χ3v) is 5.64. The summed E-state index contributed by atoms with van der Waals surface area (Å²) >= 11 is 0. The molecule has 0 amide bonds. The van der Waals surface area contributed by atoms with Crippen molar-refractivity contribution < 1.29 is 18.6 Å². The van der Waals surface area contributed by atoms with E-state index in [0.29, 0.717) is 41.3 Å². The summed E-state index contributed by atoms with van der Waals surface area (Å²) < 4.78 is 24.7. The van der Waals surface area contributed by atoms with E-state index in [1.807, 2.05) is 24.3 Å². The Balaban J connectivity index is 1.58. The first kappa shape index (κ1) is 18.4.